The van der Waals surface area contributed by atoms with Crippen LogP contribution >= 0.6 is 0 Å². The highest BCUT2D eigenvalue weighted by molar-refractivity contribution is 5.99. The van der Waals surface area contributed by atoms with Gasteiger partial charge in [0.05, 0.1) is 13.2 Å². The Morgan fingerprint density at radius 1 is 0.853 bits per heavy atom. The Labute approximate surface area is 207 Å². The summed E-state index contributed by atoms with van der Waals surface area (Å²) in [6.45, 7) is 14.1. The summed E-state index contributed by atoms with van der Waals surface area (Å²) in [5.41, 5.74) is 0. The Bertz CT molecular complexity index is 650. The van der Waals surface area contributed by atoms with E-state index in [1.807, 2.05) is 11.8 Å². The van der Waals surface area contributed by atoms with Gasteiger partial charge in [0.15, 0.2) is 0 Å². The predicted octanol–water partition coefficient (Wildman–Crippen LogP) is 3.46. The van der Waals surface area contributed by atoms with Gasteiger partial charge in [0.25, 0.3) is 0 Å². The maximum Gasteiger partial charge on any atom is 0.316 e. The van der Waals surface area contributed by atoms with E-state index in [0.29, 0.717) is 38.0 Å². The van der Waals surface area contributed by atoms with Gasteiger partial charge >= 0.3 is 5.97 Å². The van der Waals surface area contributed by atoms with Crippen LogP contribution in [0.3, 0.4) is 0 Å². The molecule has 0 aromatic heterocycles. The molecule has 7 nitrogen and oxygen atoms in total. The van der Waals surface area contributed by atoms with Crippen LogP contribution in [0.1, 0.15) is 72.6 Å². The van der Waals surface area contributed by atoms with Gasteiger partial charge in [0, 0.05) is 32.1 Å². The fourth-order valence-electron chi connectivity index (χ4n) is 5.51. The molecule has 0 spiro atoms. The van der Waals surface area contributed by atoms with Gasteiger partial charge in [0.2, 0.25) is 5.91 Å². The van der Waals surface area contributed by atoms with Crippen LogP contribution in [0.5, 0.6) is 0 Å². The van der Waals surface area contributed by atoms with Crippen molar-refractivity contribution >= 4 is 17.7 Å². The van der Waals surface area contributed by atoms with Crippen LogP contribution in [0.4, 0.5) is 0 Å². The van der Waals surface area contributed by atoms with Crippen LogP contribution in [0.25, 0.3) is 0 Å². The van der Waals surface area contributed by atoms with E-state index < -0.39 is 11.9 Å². The Morgan fingerprint density at radius 2 is 1.53 bits per heavy atom. The second-order valence-electron chi connectivity index (χ2n) is 11.1. The van der Waals surface area contributed by atoms with Gasteiger partial charge in [-0.05, 0) is 77.4 Å². The van der Waals surface area contributed by atoms with E-state index >= 15 is 0 Å². The van der Waals surface area contributed by atoms with E-state index in [-0.39, 0.29) is 17.6 Å². The van der Waals surface area contributed by atoms with Crippen molar-refractivity contribution in [3.05, 3.63) is 0 Å². The van der Waals surface area contributed by atoms with Crippen molar-refractivity contribution in [2.45, 2.75) is 72.6 Å². The second kappa shape index (κ2) is 14.8. The van der Waals surface area contributed by atoms with Crippen molar-refractivity contribution in [1.29, 1.82) is 0 Å². The molecule has 0 aromatic carbocycles. The summed E-state index contributed by atoms with van der Waals surface area (Å²) in [6.07, 6.45) is 6.93. The molecule has 7 heteroatoms. The van der Waals surface area contributed by atoms with Crippen LogP contribution in [-0.2, 0) is 19.1 Å². The molecule has 0 N–H and O–H groups in total. The molecule has 0 aliphatic carbocycles. The first-order chi connectivity index (χ1) is 16.2. The molecular formula is C27H49N3O4. The van der Waals surface area contributed by atoms with Crippen molar-refractivity contribution in [2.24, 2.45) is 23.7 Å². The summed E-state index contributed by atoms with van der Waals surface area (Å²) in [7, 11) is 2.14. The first kappa shape index (κ1) is 28.8. The largest absolute Gasteiger partial charge is 0.465 e. The summed E-state index contributed by atoms with van der Waals surface area (Å²) in [4.78, 5) is 44.9. The fraction of sp³-hybridized carbons (Fsp3) is 0.889. The smallest absolute Gasteiger partial charge is 0.316 e. The fourth-order valence-corrected chi connectivity index (χ4v) is 5.51. The molecule has 4 atom stereocenters. The molecular weight excluding hydrogens is 430 g/mol. The lowest BCUT2D eigenvalue weighted by Gasteiger charge is -2.31. The third kappa shape index (κ3) is 10.0. The number of esters is 1. The number of hydrogen-bond donors (Lipinski definition) is 0. The Hall–Kier alpha value is -1.47. The quantitative estimate of drug-likeness (QED) is 0.446. The molecule has 2 aliphatic rings. The molecule has 0 radical (unpaired) electrons. The predicted molar refractivity (Wildman–Crippen MR) is 135 cm³/mol. The Kier molecular flexibility index (Phi) is 12.5. The summed E-state index contributed by atoms with van der Waals surface area (Å²) >= 11 is 0. The average molecular weight is 480 g/mol. The van der Waals surface area contributed by atoms with Crippen LogP contribution in [0.15, 0.2) is 0 Å². The summed E-state index contributed by atoms with van der Waals surface area (Å²) < 4.78 is 5.42. The van der Waals surface area contributed by atoms with Gasteiger partial charge in [-0.3, -0.25) is 19.3 Å². The topological polar surface area (TPSA) is 70.2 Å². The number of Topliss-reactive ketones (excluding diaryl/α,β-unsaturated/α-hetero) is 1. The van der Waals surface area contributed by atoms with Crippen molar-refractivity contribution < 1.29 is 19.1 Å². The molecule has 196 valence electrons. The van der Waals surface area contributed by atoms with Crippen LogP contribution in [-0.4, -0.2) is 91.8 Å². The molecule has 0 saturated carbocycles. The zero-order valence-electron chi connectivity index (χ0n) is 22.4. The van der Waals surface area contributed by atoms with E-state index in [1.165, 1.54) is 19.3 Å². The number of carbonyl (C=O) groups excluding carboxylic acids is 3. The standard InChI is InChI=1S/C27H49N3O4/c1-21-17-22(2)19-28(5)14-15-30(25(31)20-29-11-7-6-8-12-29)13-9-10-16-34-27(33)24(4)26(32)23(3)18-21/h21-24H,6-20H2,1-5H3/t21-,22-,23-,24?/m1/s1. The van der Waals surface area contributed by atoms with Gasteiger partial charge in [-0.2, -0.15) is 0 Å². The number of amides is 1. The summed E-state index contributed by atoms with van der Waals surface area (Å²) in [5.74, 6) is -0.173. The minimum Gasteiger partial charge on any atom is -0.465 e. The van der Waals surface area contributed by atoms with Crippen molar-refractivity contribution in [1.82, 2.24) is 14.7 Å². The summed E-state index contributed by atoms with van der Waals surface area (Å²) in [5, 5.41) is 0. The average Bonchev–Trinajstić information content (AvgIpc) is 2.79. The maximum atomic E-state index is 13.1. The number of rotatable bonds is 2. The monoisotopic (exact) mass is 479 g/mol. The van der Waals surface area contributed by atoms with Gasteiger partial charge in [-0.15, -0.1) is 0 Å². The zero-order valence-corrected chi connectivity index (χ0v) is 22.4. The lowest BCUT2D eigenvalue weighted by molar-refractivity contribution is -0.152. The normalized spacial score (nSPS) is 30.9. The third-order valence-corrected chi connectivity index (χ3v) is 7.43. The molecule has 0 aromatic rings. The van der Waals surface area contributed by atoms with E-state index in [1.54, 1.807) is 6.92 Å². The third-order valence-electron chi connectivity index (χ3n) is 7.43. The molecule has 1 amide bonds. The van der Waals surface area contributed by atoms with Crippen LogP contribution in [0, 0.1) is 23.7 Å². The number of piperidine rings is 1. The number of cyclic esters (lactones) is 1. The van der Waals surface area contributed by atoms with E-state index in [9.17, 15) is 14.4 Å². The number of likely N-dealkylation sites (N-methyl/N-ethyl adjacent to an activating group) is 1. The summed E-state index contributed by atoms with van der Waals surface area (Å²) in [6, 6.07) is 0. The lowest BCUT2D eigenvalue weighted by Crippen LogP contribution is -2.45. The number of hydrogen-bond acceptors (Lipinski definition) is 6. The van der Waals surface area contributed by atoms with Gasteiger partial charge in [0.1, 0.15) is 11.7 Å². The van der Waals surface area contributed by atoms with E-state index in [4.69, 9.17) is 4.74 Å². The highest BCUT2D eigenvalue weighted by Crippen LogP contribution is 2.23. The lowest BCUT2D eigenvalue weighted by atomic mass is 9.84. The Balaban J connectivity index is 2.01. The number of likely N-dealkylation sites (tertiary alicyclic amines) is 1. The molecule has 2 heterocycles. The molecule has 2 aliphatic heterocycles. The zero-order chi connectivity index (χ0) is 25.1. The number of nitrogens with zero attached hydrogens (tertiary/aromatic N) is 3. The maximum absolute atomic E-state index is 13.1. The molecule has 2 rings (SSSR count). The number of carbonyl (C=O) groups is 3. The molecule has 1 unspecified atom stereocenters. The minimum atomic E-state index is -0.716. The van der Waals surface area contributed by atoms with Gasteiger partial charge in [-0.25, -0.2) is 0 Å². The van der Waals surface area contributed by atoms with Crippen molar-refractivity contribution in [3.63, 3.8) is 0 Å². The van der Waals surface area contributed by atoms with E-state index in [2.05, 4.69) is 30.7 Å². The van der Waals surface area contributed by atoms with Crippen molar-refractivity contribution in [2.75, 3.05) is 59.5 Å². The van der Waals surface area contributed by atoms with Gasteiger partial charge in [-0.1, -0.05) is 27.2 Å². The molecule has 34 heavy (non-hydrogen) atoms. The van der Waals surface area contributed by atoms with Crippen molar-refractivity contribution in [3.8, 4) is 0 Å². The van der Waals surface area contributed by atoms with E-state index in [0.717, 1.165) is 52.0 Å². The highest BCUT2D eigenvalue weighted by Gasteiger charge is 2.29. The SMILES string of the molecule is CC1C(=O)OCCCCN(C(=O)CN2CCCCC2)CCN(C)C[C@H](C)C[C@@H](C)C[C@@H](C)C1=O. The second-order valence-corrected chi connectivity index (χ2v) is 11.1. The number of ether oxygens (including phenoxy) is 1. The minimum absolute atomic E-state index is 0.0165. The van der Waals surface area contributed by atoms with Crippen LogP contribution in [0.2, 0.25) is 0 Å². The first-order valence-electron chi connectivity index (χ1n) is 13.6. The van der Waals surface area contributed by atoms with Gasteiger partial charge < -0.3 is 14.5 Å². The molecule has 2 fully saturated rings. The Morgan fingerprint density at radius 3 is 2.24 bits per heavy atom. The molecule has 0 bridgehead atoms. The molecule has 2 saturated heterocycles. The van der Waals surface area contributed by atoms with Crippen LogP contribution < -0.4 is 0 Å². The number of ketones is 1. The highest BCUT2D eigenvalue weighted by atomic mass is 16.5. The first-order valence-corrected chi connectivity index (χ1v) is 13.6.